The van der Waals surface area contributed by atoms with Gasteiger partial charge in [-0.1, -0.05) is 18.2 Å². The number of nitro groups is 1. The maximum absolute atomic E-state index is 13.0. The van der Waals surface area contributed by atoms with Crippen molar-refractivity contribution < 1.29 is 14.8 Å². The van der Waals surface area contributed by atoms with Crippen LogP contribution in [0.5, 0.6) is 5.75 Å². The van der Waals surface area contributed by atoms with Crippen molar-refractivity contribution in [2.75, 3.05) is 4.90 Å². The molecule has 130 valence electrons. The number of nitrogens with zero attached hydrogens (tertiary/aromatic N) is 3. The van der Waals surface area contributed by atoms with Gasteiger partial charge in [0.05, 0.1) is 22.8 Å². The second-order valence-electron chi connectivity index (χ2n) is 5.51. The van der Waals surface area contributed by atoms with Crippen LogP contribution in [0.4, 0.5) is 11.4 Å². The molecule has 3 aromatic rings. The number of phenols is 1. The standard InChI is InChI=1S/C19H15N3O4/c23-18-7-2-1-6-17(18)21(13-15-5-3-4-12-20-15)19(24)14-8-10-16(11-9-14)22(25)26/h1-12,23H,13H2. The quantitative estimate of drug-likeness (QED) is 0.561. The molecule has 0 radical (unpaired) electrons. The van der Waals surface area contributed by atoms with Crippen molar-refractivity contribution in [3.8, 4) is 5.75 Å². The van der Waals surface area contributed by atoms with Crippen LogP contribution in [0.15, 0.2) is 72.9 Å². The summed E-state index contributed by atoms with van der Waals surface area (Å²) in [5.74, 6) is -0.439. The molecule has 0 saturated heterocycles. The van der Waals surface area contributed by atoms with E-state index in [0.29, 0.717) is 11.4 Å². The predicted molar refractivity (Wildman–Crippen MR) is 96.0 cm³/mol. The number of carbonyl (C=O) groups excluding carboxylic acids is 1. The second kappa shape index (κ2) is 7.43. The first-order chi connectivity index (χ1) is 12.6. The van der Waals surface area contributed by atoms with Crippen LogP contribution in [0.2, 0.25) is 0 Å². The van der Waals surface area contributed by atoms with Gasteiger partial charge in [0.15, 0.2) is 0 Å². The van der Waals surface area contributed by atoms with E-state index in [0.717, 1.165) is 0 Å². The lowest BCUT2D eigenvalue weighted by atomic mass is 10.1. The van der Waals surface area contributed by atoms with Gasteiger partial charge in [0, 0.05) is 23.9 Å². The number of aromatic hydroxyl groups is 1. The fraction of sp³-hybridized carbons (Fsp3) is 0.0526. The molecular formula is C19H15N3O4. The van der Waals surface area contributed by atoms with Crippen molar-refractivity contribution in [2.24, 2.45) is 0 Å². The molecule has 7 heteroatoms. The topological polar surface area (TPSA) is 96.6 Å². The van der Waals surface area contributed by atoms with Gasteiger partial charge in [-0.15, -0.1) is 0 Å². The van der Waals surface area contributed by atoms with Crippen molar-refractivity contribution in [1.29, 1.82) is 0 Å². The largest absolute Gasteiger partial charge is 0.506 e. The third-order valence-electron chi connectivity index (χ3n) is 3.79. The highest BCUT2D eigenvalue weighted by Gasteiger charge is 2.21. The Hall–Kier alpha value is -3.74. The average Bonchev–Trinajstić information content (AvgIpc) is 2.67. The first-order valence-corrected chi connectivity index (χ1v) is 7.80. The zero-order chi connectivity index (χ0) is 18.5. The lowest BCUT2D eigenvalue weighted by Gasteiger charge is -2.23. The zero-order valence-corrected chi connectivity index (χ0v) is 13.6. The first-order valence-electron chi connectivity index (χ1n) is 7.80. The fourth-order valence-corrected chi connectivity index (χ4v) is 2.49. The van der Waals surface area contributed by atoms with E-state index in [-0.39, 0.29) is 23.5 Å². The van der Waals surface area contributed by atoms with E-state index in [1.165, 1.54) is 35.2 Å². The summed E-state index contributed by atoms with van der Waals surface area (Å²) < 4.78 is 0. The van der Waals surface area contributed by atoms with Gasteiger partial charge in [-0.25, -0.2) is 0 Å². The van der Waals surface area contributed by atoms with Crippen LogP contribution in [0.1, 0.15) is 16.1 Å². The van der Waals surface area contributed by atoms with Crippen LogP contribution >= 0.6 is 0 Å². The summed E-state index contributed by atoms with van der Waals surface area (Å²) in [5, 5.41) is 21.0. The molecule has 1 heterocycles. The van der Waals surface area contributed by atoms with E-state index in [9.17, 15) is 20.0 Å². The molecule has 0 spiro atoms. The summed E-state index contributed by atoms with van der Waals surface area (Å²) in [5.41, 5.74) is 1.16. The molecule has 0 bridgehead atoms. The first kappa shape index (κ1) is 17.1. The van der Waals surface area contributed by atoms with Crippen LogP contribution in [0, 0.1) is 10.1 Å². The van der Waals surface area contributed by atoms with Crippen LogP contribution in [0.25, 0.3) is 0 Å². The minimum absolute atomic E-state index is 0.0429. The maximum Gasteiger partial charge on any atom is 0.269 e. The second-order valence-corrected chi connectivity index (χ2v) is 5.51. The van der Waals surface area contributed by atoms with E-state index >= 15 is 0 Å². The van der Waals surface area contributed by atoms with Gasteiger partial charge in [-0.05, 0) is 36.4 Å². The van der Waals surface area contributed by atoms with Crippen molar-refractivity contribution in [3.05, 3.63) is 94.3 Å². The van der Waals surface area contributed by atoms with Crippen molar-refractivity contribution >= 4 is 17.3 Å². The van der Waals surface area contributed by atoms with Crippen LogP contribution in [0.3, 0.4) is 0 Å². The number of phenolic OH excluding ortho intramolecular Hbond substituents is 1. The number of hydrogen-bond acceptors (Lipinski definition) is 5. The molecule has 0 unspecified atom stereocenters. The Balaban J connectivity index is 1.98. The Labute approximate surface area is 149 Å². The third-order valence-corrected chi connectivity index (χ3v) is 3.79. The van der Waals surface area contributed by atoms with E-state index < -0.39 is 10.8 Å². The summed E-state index contributed by atoms with van der Waals surface area (Å²) in [6.07, 6.45) is 1.62. The highest BCUT2D eigenvalue weighted by Crippen LogP contribution is 2.29. The zero-order valence-electron chi connectivity index (χ0n) is 13.6. The molecule has 7 nitrogen and oxygen atoms in total. The molecule has 1 amide bonds. The number of carbonyl (C=O) groups is 1. The Morgan fingerprint density at radius 1 is 1.04 bits per heavy atom. The lowest BCUT2D eigenvalue weighted by Crippen LogP contribution is -2.30. The number of nitro benzene ring substituents is 1. The Bertz CT molecular complexity index is 927. The monoisotopic (exact) mass is 349 g/mol. The van der Waals surface area contributed by atoms with Gasteiger partial charge in [-0.2, -0.15) is 0 Å². The summed E-state index contributed by atoms with van der Waals surface area (Å²) in [6.45, 7) is 0.147. The van der Waals surface area contributed by atoms with Gasteiger partial charge >= 0.3 is 0 Å². The molecular weight excluding hydrogens is 334 g/mol. The maximum atomic E-state index is 13.0. The highest BCUT2D eigenvalue weighted by molar-refractivity contribution is 6.06. The normalized spacial score (nSPS) is 10.3. The molecule has 26 heavy (non-hydrogen) atoms. The molecule has 0 saturated carbocycles. The molecule has 0 fully saturated rings. The molecule has 1 N–H and O–H groups in total. The van der Waals surface area contributed by atoms with Gasteiger partial charge in [0.2, 0.25) is 0 Å². The molecule has 0 aliphatic rings. The number of non-ortho nitro benzene ring substituents is 1. The third kappa shape index (κ3) is 3.67. The molecule has 0 aliphatic heterocycles. The average molecular weight is 349 g/mol. The molecule has 2 aromatic carbocycles. The van der Waals surface area contributed by atoms with E-state index in [1.807, 2.05) is 6.07 Å². The number of amides is 1. The summed E-state index contributed by atoms with van der Waals surface area (Å²) in [4.78, 5) is 28.9. The molecule has 1 aromatic heterocycles. The van der Waals surface area contributed by atoms with Gasteiger partial charge < -0.3 is 5.11 Å². The summed E-state index contributed by atoms with van der Waals surface area (Å²) >= 11 is 0. The summed E-state index contributed by atoms with van der Waals surface area (Å²) in [6, 6.07) is 17.2. The SMILES string of the molecule is O=C(c1ccc([N+](=O)[O-])cc1)N(Cc1ccccn1)c1ccccc1O. The lowest BCUT2D eigenvalue weighted by molar-refractivity contribution is -0.384. The minimum Gasteiger partial charge on any atom is -0.506 e. The molecule has 3 rings (SSSR count). The van der Waals surface area contributed by atoms with Gasteiger partial charge in [0.25, 0.3) is 11.6 Å². The number of pyridine rings is 1. The van der Waals surface area contributed by atoms with E-state index in [2.05, 4.69) is 4.98 Å². The van der Waals surface area contributed by atoms with Crippen molar-refractivity contribution in [2.45, 2.75) is 6.54 Å². The number of hydrogen-bond donors (Lipinski definition) is 1. The number of rotatable bonds is 5. The van der Waals surface area contributed by atoms with Crippen molar-refractivity contribution in [3.63, 3.8) is 0 Å². The van der Waals surface area contributed by atoms with Crippen LogP contribution < -0.4 is 4.90 Å². The molecule has 0 aliphatic carbocycles. The van der Waals surface area contributed by atoms with Gasteiger partial charge in [-0.3, -0.25) is 24.8 Å². The summed E-state index contributed by atoms with van der Waals surface area (Å²) in [7, 11) is 0. The van der Waals surface area contributed by atoms with E-state index in [1.54, 1.807) is 36.5 Å². The van der Waals surface area contributed by atoms with Gasteiger partial charge in [0.1, 0.15) is 5.75 Å². The highest BCUT2D eigenvalue weighted by atomic mass is 16.6. The number of benzene rings is 2. The van der Waals surface area contributed by atoms with Crippen LogP contribution in [-0.4, -0.2) is 20.9 Å². The Morgan fingerprint density at radius 3 is 2.35 bits per heavy atom. The molecule has 0 atom stereocenters. The Kier molecular flexibility index (Phi) is 4.89. The van der Waals surface area contributed by atoms with Crippen molar-refractivity contribution in [1.82, 2.24) is 4.98 Å². The predicted octanol–water partition coefficient (Wildman–Crippen LogP) is 3.54. The number of para-hydroxylation sites is 2. The fourth-order valence-electron chi connectivity index (χ4n) is 2.49. The van der Waals surface area contributed by atoms with E-state index in [4.69, 9.17) is 0 Å². The number of aromatic nitrogens is 1. The minimum atomic E-state index is -0.525. The smallest absolute Gasteiger partial charge is 0.269 e. The number of anilines is 1. The Morgan fingerprint density at radius 2 is 1.73 bits per heavy atom. The van der Waals surface area contributed by atoms with Crippen LogP contribution in [-0.2, 0) is 6.54 Å².